The van der Waals surface area contributed by atoms with Gasteiger partial charge < -0.3 is 4.90 Å². The van der Waals surface area contributed by atoms with Crippen LogP contribution < -0.4 is 0 Å². The van der Waals surface area contributed by atoms with E-state index >= 15 is 0 Å². The second kappa shape index (κ2) is 7.11. The van der Waals surface area contributed by atoms with Crippen molar-refractivity contribution in [2.75, 3.05) is 13.1 Å². The highest BCUT2D eigenvalue weighted by molar-refractivity contribution is 6.30. The summed E-state index contributed by atoms with van der Waals surface area (Å²) in [6.45, 7) is -0.210. The summed E-state index contributed by atoms with van der Waals surface area (Å²) >= 11 is 5.81. The van der Waals surface area contributed by atoms with Crippen molar-refractivity contribution in [1.29, 1.82) is 10.5 Å². The van der Waals surface area contributed by atoms with Gasteiger partial charge in [0.05, 0.1) is 12.1 Å². The highest BCUT2D eigenvalue weighted by Gasteiger charge is 2.08. The van der Waals surface area contributed by atoms with E-state index in [4.69, 9.17) is 22.1 Å². The standard InChI is InChI=1S/C13H10ClN3O/c14-12-3-1-2-11(10-12)4-5-13(18)17(8-6-15)9-7-16/h1-5,10H,8-9H2. The second-order valence-electron chi connectivity index (χ2n) is 3.40. The summed E-state index contributed by atoms with van der Waals surface area (Å²) in [4.78, 5) is 12.8. The maximum Gasteiger partial charge on any atom is 0.248 e. The van der Waals surface area contributed by atoms with Gasteiger partial charge in [-0.25, -0.2) is 0 Å². The van der Waals surface area contributed by atoms with Crippen LogP contribution in [0.5, 0.6) is 0 Å². The van der Waals surface area contributed by atoms with Crippen molar-refractivity contribution in [3.05, 3.63) is 40.9 Å². The zero-order valence-electron chi connectivity index (χ0n) is 9.51. The number of rotatable bonds is 4. The lowest BCUT2D eigenvalue weighted by Crippen LogP contribution is -2.30. The Hall–Kier alpha value is -2.30. The van der Waals surface area contributed by atoms with Gasteiger partial charge >= 0.3 is 0 Å². The van der Waals surface area contributed by atoms with E-state index in [1.54, 1.807) is 30.3 Å². The SMILES string of the molecule is N#CCN(CC#N)C(=O)C=Cc1cccc(Cl)c1. The minimum Gasteiger partial charge on any atom is -0.313 e. The molecule has 0 aliphatic heterocycles. The molecule has 0 saturated heterocycles. The number of nitrogens with zero attached hydrogens (tertiary/aromatic N) is 3. The van der Waals surface area contributed by atoms with E-state index in [0.717, 1.165) is 10.5 Å². The Morgan fingerprint density at radius 3 is 2.56 bits per heavy atom. The number of amides is 1. The molecule has 1 aromatic carbocycles. The molecule has 0 spiro atoms. The topological polar surface area (TPSA) is 67.9 Å². The van der Waals surface area contributed by atoms with Crippen LogP contribution in [0.1, 0.15) is 5.56 Å². The first kappa shape index (κ1) is 13.8. The van der Waals surface area contributed by atoms with Gasteiger partial charge in [0.1, 0.15) is 13.1 Å². The number of carbonyl (C=O) groups excluding carboxylic acids is 1. The van der Waals surface area contributed by atoms with Crippen molar-refractivity contribution in [1.82, 2.24) is 4.90 Å². The summed E-state index contributed by atoms with van der Waals surface area (Å²) in [5.74, 6) is -0.377. The number of halogens is 1. The van der Waals surface area contributed by atoms with Crippen molar-refractivity contribution >= 4 is 23.6 Å². The van der Waals surface area contributed by atoms with Crippen molar-refractivity contribution in [3.8, 4) is 12.1 Å². The Bertz CT molecular complexity index is 524. The monoisotopic (exact) mass is 259 g/mol. The molecule has 90 valence electrons. The molecular weight excluding hydrogens is 250 g/mol. The van der Waals surface area contributed by atoms with E-state index in [2.05, 4.69) is 0 Å². The predicted molar refractivity (Wildman–Crippen MR) is 68.3 cm³/mol. The molecular formula is C13H10ClN3O. The normalized spacial score (nSPS) is 9.72. The molecule has 0 aliphatic carbocycles. The number of hydrogen-bond acceptors (Lipinski definition) is 3. The van der Waals surface area contributed by atoms with Gasteiger partial charge in [-0.1, -0.05) is 23.7 Å². The van der Waals surface area contributed by atoms with Gasteiger partial charge in [-0.3, -0.25) is 4.79 Å². The van der Waals surface area contributed by atoms with E-state index in [1.165, 1.54) is 6.08 Å². The Morgan fingerprint density at radius 2 is 2.00 bits per heavy atom. The third kappa shape index (κ3) is 4.29. The summed E-state index contributed by atoms with van der Waals surface area (Å²) in [5, 5.41) is 17.7. The molecule has 0 aliphatic rings. The average Bonchev–Trinajstić information content (AvgIpc) is 2.36. The van der Waals surface area contributed by atoms with Gasteiger partial charge in [-0.15, -0.1) is 0 Å². The molecule has 0 radical (unpaired) electrons. The molecule has 1 aromatic rings. The molecule has 5 heteroatoms. The van der Waals surface area contributed by atoms with Gasteiger partial charge in [0.15, 0.2) is 0 Å². The molecule has 18 heavy (non-hydrogen) atoms. The van der Waals surface area contributed by atoms with Crippen LogP contribution in [-0.4, -0.2) is 23.9 Å². The van der Waals surface area contributed by atoms with Gasteiger partial charge in [0.2, 0.25) is 5.91 Å². The molecule has 0 heterocycles. The molecule has 1 amide bonds. The molecule has 1 rings (SSSR count). The smallest absolute Gasteiger partial charge is 0.248 e. The van der Waals surface area contributed by atoms with Crippen LogP contribution in [0.15, 0.2) is 30.3 Å². The number of benzene rings is 1. The molecule has 0 unspecified atom stereocenters. The Morgan fingerprint density at radius 1 is 1.33 bits per heavy atom. The van der Waals surface area contributed by atoms with E-state index in [1.807, 2.05) is 12.1 Å². The van der Waals surface area contributed by atoms with Crippen LogP contribution in [0.2, 0.25) is 5.02 Å². The predicted octanol–water partition coefficient (Wildman–Crippen LogP) is 2.23. The first-order valence-corrected chi connectivity index (χ1v) is 5.51. The Kier molecular flexibility index (Phi) is 5.44. The highest BCUT2D eigenvalue weighted by atomic mass is 35.5. The van der Waals surface area contributed by atoms with Crippen LogP contribution in [0.3, 0.4) is 0 Å². The van der Waals surface area contributed by atoms with Gasteiger partial charge in [0, 0.05) is 11.1 Å². The molecule has 4 nitrogen and oxygen atoms in total. The zero-order chi connectivity index (χ0) is 13.4. The first-order valence-electron chi connectivity index (χ1n) is 5.14. The van der Waals surface area contributed by atoms with Crippen molar-refractivity contribution in [2.24, 2.45) is 0 Å². The third-order valence-corrected chi connectivity index (χ3v) is 2.34. The summed E-state index contributed by atoms with van der Waals surface area (Å²) in [7, 11) is 0. The van der Waals surface area contributed by atoms with Gasteiger partial charge in [-0.05, 0) is 23.8 Å². The fourth-order valence-corrected chi connectivity index (χ4v) is 1.46. The van der Waals surface area contributed by atoms with Crippen LogP contribution in [-0.2, 0) is 4.79 Å². The Balaban J connectivity index is 2.74. The van der Waals surface area contributed by atoms with E-state index in [9.17, 15) is 4.79 Å². The van der Waals surface area contributed by atoms with Crippen LogP contribution in [0, 0.1) is 22.7 Å². The maximum atomic E-state index is 11.7. The van der Waals surface area contributed by atoms with Gasteiger partial charge in [0.25, 0.3) is 0 Å². The van der Waals surface area contributed by atoms with Crippen LogP contribution >= 0.6 is 11.6 Å². The zero-order valence-corrected chi connectivity index (χ0v) is 10.3. The largest absolute Gasteiger partial charge is 0.313 e. The van der Waals surface area contributed by atoms with Crippen molar-refractivity contribution < 1.29 is 4.79 Å². The van der Waals surface area contributed by atoms with E-state index in [-0.39, 0.29) is 19.0 Å². The second-order valence-corrected chi connectivity index (χ2v) is 3.84. The average molecular weight is 260 g/mol. The number of hydrogen-bond donors (Lipinski definition) is 0. The summed E-state index contributed by atoms with van der Waals surface area (Å²) < 4.78 is 0. The fraction of sp³-hybridized carbons (Fsp3) is 0.154. The summed E-state index contributed by atoms with van der Waals surface area (Å²) in [5.41, 5.74) is 0.782. The summed E-state index contributed by atoms with van der Waals surface area (Å²) in [6, 6.07) is 10.7. The molecule has 0 N–H and O–H groups in total. The molecule has 0 saturated carbocycles. The minimum absolute atomic E-state index is 0.105. The lowest BCUT2D eigenvalue weighted by molar-refractivity contribution is -0.124. The lowest BCUT2D eigenvalue weighted by Gasteiger charge is -2.12. The fourth-order valence-electron chi connectivity index (χ4n) is 1.27. The molecule has 0 aromatic heterocycles. The maximum absolute atomic E-state index is 11.7. The van der Waals surface area contributed by atoms with E-state index in [0.29, 0.717) is 5.02 Å². The number of nitriles is 2. The van der Waals surface area contributed by atoms with Crippen molar-refractivity contribution in [3.63, 3.8) is 0 Å². The third-order valence-electron chi connectivity index (χ3n) is 2.10. The lowest BCUT2D eigenvalue weighted by atomic mass is 10.2. The molecule has 0 fully saturated rings. The molecule has 0 atom stereocenters. The van der Waals surface area contributed by atoms with E-state index < -0.39 is 0 Å². The minimum atomic E-state index is -0.377. The van der Waals surface area contributed by atoms with Crippen LogP contribution in [0.4, 0.5) is 0 Å². The first-order chi connectivity index (χ1) is 8.67. The summed E-state index contributed by atoms with van der Waals surface area (Å²) in [6.07, 6.45) is 2.91. The quantitative estimate of drug-likeness (QED) is 0.615. The Labute approximate surface area is 110 Å². The highest BCUT2D eigenvalue weighted by Crippen LogP contribution is 2.11. The van der Waals surface area contributed by atoms with Crippen molar-refractivity contribution in [2.45, 2.75) is 0 Å². The van der Waals surface area contributed by atoms with Crippen LogP contribution in [0.25, 0.3) is 6.08 Å². The molecule has 0 bridgehead atoms. The number of carbonyl (C=O) groups is 1. The van der Waals surface area contributed by atoms with Gasteiger partial charge in [-0.2, -0.15) is 10.5 Å².